The van der Waals surface area contributed by atoms with Gasteiger partial charge in [-0.2, -0.15) is 0 Å². The third-order valence-corrected chi connectivity index (χ3v) is 1.54. The molecule has 60 valence electrons. The van der Waals surface area contributed by atoms with Gasteiger partial charge in [0.25, 0.3) is 0 Å². The Balaban J connectivity index is 3.11. The number of hydrogen-bond donors (Lipinski definition) is 1. The van der Waals surface area contributed by atoms with Crippen molar-refractivity contribution >= 4 is 0 Å². The average Bonchev–Trinajstić information content (AvgIpc) is 1.87. The number of rotatable bonds is 5. The maximum atomic E-state index is 3.70. The molecule has 0 saturated carbocycles. The van der Waals surface area contributed by atoms with Crippen LogP contribution in [0.1, 0.15) is 27.2 Å². The van der Waals surface area contributed by atoms with Crippen molar-refractivity contribution < 1.29 is 0 Å². The lowest BCUT2D eigenvalue weighted by Gasteiger charge is -2.09. The summed E-state index contributed by atoms with van der Waals surface area (Å²) in [6, 6.07) is 0.457. The van der Waals surface area contributed by atoms with E-state index >= 15 is 0 Å². The largest absolute Gasteiger partial charge is 0.311 e. The third kappa shape index (κ3) is 5.83. The Morgan fingerprint density at radius 3 is 2.40 bits per heavy atom. The second-order valence-electron chi connectivity index (χ2n) is 3.16. The second kappa shape index (κ2) is 5.48. The zero-order chi connectivity index (χ0) is 7.98. The van der Waals surface area contributed by atoms with E-state index in [1.54, 1.807) is 0 Å². The van der Waals surface area contributed by atoms with Crippen molar-refractivity contribution in [3.05, 3.63) is 12.7 Å². The van der Waals surface area contributed by atoms with Crippen LogP contribution in [-0.2, 0) is 0 Å². The van der Waals surface area contributed by atoms with Crippen LogP contribution in [0.3, 0.4) is 0 Å². The molecule has 1 N–H and O–H groups in total. The van der Waals surface area contributed by atoms with Crippen LogP contribution in [0.4, 0.5) is 0 Å². The van der Waals surface area contributed by atoms with E-state index in [9.17, 15) is 0 Å². The van der Waals surface area contributed by atoms with Crippen LogP contribution in [-0.4, -0.2) is 12.6 Å². The Morgan fingerprint density at radius 2 is 2.00 bits per heavy atom. The molecular formula is C9H19N. The molecule has 0 heterocycles. The van der Waals surface area contributed by atoms with Crippen LogP contribution in [0, 0.1) is 5.92 Å². The van der Waals surface area contributed by atoms with Gasteiger partial charge in [0.2, 0.25) is 0 Å². The van der Waals surface area contributed by atoms with Gasteiger partial charge in [0, 0.05) is 6.04 Å². The highest BCUT2D eigenvalue weighted by molar-refractivity contribution is 4.80. The molecule has 1 heteroatoms. The Bertz CT molecular complexity index is 86.7. The molecule has 0 aromatic rings. The van der Waals surface area contributed by atoms with E-state index in [1.807, 2.05) is 6.08 Å². The van der Waals surface area contributed by atoms with E-state index < -0.39 is 0 Å². The SMILES string of the molecule is C=CC(C)NCCC(C)C. The van der Waals surface area contributed by atoms with Gasteiger partial charge < -0.3 is 5.32 Å². The van der Waals surface area contributed by atoms with Crippen molar-refractivity contribution in [2.75, 3.05) is 6.54 Å². The van der Waals surface area contributed by atoms with E-state index in [1.165, 1.54) is 6.42 Å². The van der Waals surface area contributed by atoms with E-state index in [2.05, 4.69) is 32.7 Å². The Labute approximate surface area is 64.5 Å². The Kier molecular flexibility index (Phi) is 5.32. The van der Waals surface area contributed by atoms with Crippen molar-refractivity contribution in [3.63, 3.8) is 0 Å². The lowest BCUT2D eigenvalue weighted by molar-refractivity contribution is 0.521. The van der Waals surface area contributed by atoms with Gasteiger partial charge in [0.15, 0.2) is 0 Å². The van der Waals surface area contributed by atoms with E-state index in [0.29, 0.717) is 6.04 Å². The zero-order valence-corrected chi connectivity index (χ0v) is 7.35. The summed E-state index contributed by atoms with van der Waals surface area (Å²) < 4.78 is 0. The van der Waals surface area contributed by atoms with Gasteiger partial charge in [-0.3, -0.25) is 0 Å². The standard InChI is InChI=1S/C9H19N/c1-5-9(4)10-7-6-8(2)3/h5,8-10H,1,6-7H2,2-4H3. The second-order valence-corrected chi connectivity index (χ2v) is 3.16. The Morgan fingerprint density at radius 1 is 1.40 bits per heavy atom. The summed E-state index contributed by atoms with van der Waals surface area (Å²) in [5, 5.41) is 3.35. The molecule has 0 saturated heterocycles. The van der Waals surface area contributed by atoms with Crippen molar-refractivity contribution in [2.45, 2.75) is 33.2 Å². The van der Waals surface area contributed by atoms with Crippen LogP contribution in [0.15, 0.2) is 12.7 Å². The molecule has 0 aliphatic carbocycles. The van der Waals surface area contributed by atoms with Gasteiger partial charge in [0.1, 0.15) is 0 Å². The monoisotopic (exact) mass is 141 g/mol. The van der Waals surface area contributed by atoms with Crippen LogP contribution < -0.4 is 5.32 Å². The average molecular weight is 141 g/mol. The molecule has 1 unspecified atom stereocenters. The van der Waals surface area contributed by atoms with Crippen LogP contribution >= 0.6 is 0 Å². The first kappa shape index (κ1) is 9.70. The molecule has 1 atom stereocenters. The summed E-state index contributed by atoms with van der Waals surface area (Å²) in [6.07, 6.45) is 3.18. The molecule has 0 amide bonds. The molecule has 0 bridgehead atoms. The maximum absolute atomic E-state index is 3.70. The quantitative estimate of drug-likeness (QED) is 0.579. The minimum absolute atomic E-state index is 0.457. The van der Waals surface area contributed by atoms with E-state index in [4.69, 9.17) is 0 Å². The van der Waals surface area contributed by atoms with Crippen LogP contribution in [0.5, 0.6) is 0 Å². The molecule has 0 aliphatic rings. The topological polar surface area (TPSA) is 12.0 Å². The fourth-order valence-corrected chi connectivity index (χ4v) is 0.683. The van der Waals surface area contributed by atoms with Gasteiger partial charge in [-0.25, -0.2) is 0 Å². The first-order chi connectivity index (χ1) is 4.66. The van der Waals surface area contributed by atoms with Crippen molar-refractivity contribution in [1.82, 2.24) is 5.32 Å². The highest BCUT2D eigenvalue weighted by Crippen LogP contribution is 1.96. The zero-order valence-electron chi connectivity index (χ0n) is 7.35. The van der Waals surface area contributed by atoms with Crippen LogP contribution in [0.25, 0.3) is 0 Å². The minimum Gasteiger partial charge on any atom is -0.311 e. The van der Waals surface area contributed by atoms with Gasteiger partial charge in [-0.1, -0.05) is 19.9 Å². The predicted octanol–water partition coefficient (Wildman–Crippen LogP) is 2.20. The van der Waals surface area contributed by atoms with Gasteiger partial charge in [-0.05, 0) is 25.8 Å². The first-order valence-corrected chi connectivity index (χ1v) is 4.02. The summed E-state index contributed by atoms with van der Waals surface area (Å²) in [5.74, 6) is 0.796. The van der Waals surface area contributed by atoms with Gasteiger partial charge in [0.05, 0.1) is 0 Å². The molecule has 0 aromatic carbocycles. The fraction of sp³-hybridized carbons (Fsp3) is 0.778. The summed E-state index contributed by atoms with van der Waals surface area (Å²) in [7, 11) is 0. The minimum atomic E-state index is 0.457. The molecular weight excluding hydrogens is 122 g/mol. The van der Waals surface area contributed by atoms with E-state index in [-0.39, 0.29) is 0 Å². The molecule has 0 spiro atoms. The molecule has 0 rings (SSSR count). The summed E-state index contributed by atoms with van der Waals surface area (Å²) in [5.41, 5.74) is 0. The maximum Gasteiger partial charge on any atom is 0.0219 e. The highest BCUT2D eigenvalue weighted by Gasteiger charge is 1.95. The molecule has 0 aromatic heterocycles. The summed E-state index contributed by atoms with van der Waals surface area (Å²) >= 11 is 0. The fourth-order valence-electron chi connectivity index (χ4n) is 0.683. The normalized spacial score (nSPS) is 13.6. The van der Waals surface area contributed by atoms with Gasteiger partial charge >= 0.3 is 0 Å². The summed E-state index contributed by atoms with van der Waals surface area (Å²) in [6.45, 7) is 11.4. The number of hydrogen-bond acceptors (Lipinski definition) is 1. The lowest BCUT2D eigenvalue weighted by Crippen LogP contribution is -2.25. The predicted molar refractivity (Wildman–Crippen MR) is 47.1 cm³/mol. The van der Waals surface area contributed by atoms with Crippen molar-refractivity contribution in [1.29, 1.82) is 0 Å². The van der Waals surface area contributed by atoms with Crippen molar-refractivity contribution in [3.8, 4) is 0 Å². The molecule has 0 fully saturated rings. The van der Waals surface area contributed by atoms with Gasteiger partial charge in [-0.15, -0.1) is 6.58 Å². The van der Waals surface area contributed by atoms with Crippen LogP contribution in [0.2, 0.25) is 0 Å². The third-order valence-electron chi connectivity index (χ3n) is 1.54. The molecule has 1 nitrogen and oxygen atoms in total. The number of nitrogens with one attached hydrogen (secondary N) is 1. The summed E-state index contributed by atoms with van der Waals surface area (Å²) in [4.78, 5) is 0. The molecule has 0 radical (unpaired) electrons. The first-order valence-electron chi connectivity index (χ1n) is 4.02. The van der Waals surface area contributed by atoms with Crippen molar-refractivity contribution in [2.24, 2.45) is 5.92 Å². The lowest BCUT2D eigenvalue weighted by atomic mass is 10.1. The Hall–Kier alpha value is -0.300. The smallest absolute Gasteiger partial charge is 0.0219 e. The molecule has 0 aliphatic heterocycles. The molecule has 10 heavy (non-hydrogen) atoms. The van der Waals surface area contributed by atoms with E-state index in [0.717, 1.165) is 12.5 Å². The highest BCUT2D eigenvalue weighted by atomic mass is 14.9.